The van der Waals surface area contributed by atoms with Gasteiger partial charge in [-0.3, -0.25) is 0 Å². The third kappa shape index (κ3) is 3.84. The van der Waals surface area contributed by atoms with Crippen LogP contribution in [0, 0.1) is 5.92 Å². The van der Waals surface area contributed by atoms with E-state index in [1.165, 1.54) is 4.90 Å². The molecule has 16 heavy (non-hydrogen) atoms. The number of thioether (sulfide) groups is 1. The van der Waals surface area contributed by atoms with Crippen LogP contribution >= 0.6 is 11.8 Å². The van der Waals surface area contributed by atoms with Crippen molar-refractivity contribution >= 4 is 11.8 Å². The quantitative estimate of drug-likeness (QED) is 0.747. The molecule has 2 atom stereocenters. The van der Waals surface area contributed by atoms with Gasteiger partial charge in [0.25, 0.3) is 0 Å². The number of aliphatic hydroxyl groups is 1. The number of hydrogen-bond acceptors (Lipinski definition) is 2. The van der Waals surface area contributed by atoms with Gasteiger partial charge < -0.3 is 5.11 Å². The van der Waals surface area contributed by atoms with Crippen molar-refractivity contribution in [2.75, 3.05) is 5.75 Å². The van der Waals surface area contributed by atoms with Gasteiger partial charge in [-0.25, -0.2) is 0 Å². The molecule has 0 amide bonds. The van der Waals surface area contributed by atoms with Gasteiger partial charge in [-0.2, -0.15) is 0 Å². The van der Waals surface area contributed by atoms with Crippen molar-refractivity contribution in [3.63, 3.8) is 0 Å². The number of aliphatic hydroxyl groups excluding tert-OH is 1. The van der Waals surface area contributed by atoms with Gasteiger partial charge in [0, 0.05) is 4.90 Å². The summed E-state index contributed by atoms with van der Waals surface area (Å²) >= 11 is 1.83. The molecule has 0 bridgehead atoms. The van der Waals surface area contributed by atoms with Crippen LogP contribution in [0.4, 0.5) is 0 Å². The zero-order chi connectivity index (χ0) is 12.0. The van der Waals surface area contributed by atoms with Crippen LogP contribution in [0.5, 0.6) is 0 Å². The first-order chi connectivity index (χ1) is 7.69. The highest BCUT2D eigenvalue weighted by Gasteiger charge is 2.15. The van der Waals surface area contributed by atoms with Crippen LogP contribution in [-0.2, 0) is 0 Å². The molecule has 0 aromatic heterocycles. The Bertz CT molecular complexity index is 294. The average Bonchev–Trinajstić information content (AvgIpc) is 2.30. The van der Waals surface area contributed by atoms with Crippen LogP contribution in [0.25, 0.3) is 0 Å². The van der Waals surface area contributed by atoms with Crippen LogP contribution in [0.1, 0.15) is 45.3 Å². The lowest BCUT2D eigenvalue weighted by Gasteiger charge is -2.18. The van der Waals surface area contributed by atoms with E-state index in [2.05, 4.69) is 45.0 Å². The van der Waals surface area contributed by atoms with E-state index in [0.29, 0.717) is 5.92 Å². The largest absolute Gasteiger partial charge is 0.388 e. The highest BCUT2D eigenvalue weighted by molar-refractivity contribution is 7.99. The van der Waals surface area contributed by atoms with Crippen LogP contribution in [0.3, 0.4) is 0 Å². The van der Waals surface area contributed by atoms with Gasteiger partial charge in [-0.1, -0.05) is 39.3 Å². The topological polar surface area (TPSA) is 20.2 Å². The van der Waals surface area contributed by atoms with Crippen LogP contribution in [-0.4, -0.2) is 10.9 Å². The van der Waals surface area contributed by atoms with E-state index in [0.717, 1.165) is 24.2 Å². The zero-order valence-corrected chi connectivity index (χ0v) is 11.3. The molecule has 1 N–H and O–H groups in total. The highest BCUT2D eigenvalue weighted by atomic mass is 32.2. The van der Waals surface area contributed by atoms with E-state index < -0.39 is 0 Å². The highest BCUT2D eigenvalue weighted by Crippen LogP contribution is 2.27. The summed E-state index contributed by atoms with van der Waals surface area (Å²) in [6.07, 6.45) is 1.88. The molecule has 0 aliphatic rings. The molecule has 0 saturated carbocycles. The maximum atomic E-state index is 10.1. The van der Waals surface area contributed by atoms with Gasteiger partial charge in [0.05, 0.1) is 6.10 Å². The van der Waals surface area contributed by atoms with Crippen LogP contribution < -0.4 is 0 Å². The fourth-order valence-corrected chi connectivity index (χ4v) is 2.53. The Morgan fingerprint density at radius 1 is 1.19 bits per heavy atom. The Kier molecular flexibility index (Phi) is 5.93. The molecule has 1 aromatic rings. The molecule has 1 nitrogen and oxygen atoms in total. The summed E-state index contributed by atoms with van der Waals surface area (Å²) in [5.74, 6) is 1.43. The van der Waals surface area contributed by atoms with Crippen molar-refractivity contribution in [3.05, 3.63) is 29.8 Å². The molecular weight excluding hydrogens is 216 g/mol. The third-order valence-corrected chi connectivity index (χ3v) is 3.71. The van der Waals surface area contributed by atoms with Gasteiger partial charge in [-0.05, 0) is 35.8 Å². The zero-order valence-electron chi connectivity index (χ0n) is 10.4. The minimum Gasteiger partial charge on any atom is -0.388 e. The minimum atomic E-state index is -0.319. The second kappa shape index (κ2) is 6.97. The van der Waals surface area contributed by atoms with Gasteiger partial charge >= 0.3 is 0 Å². The van der Waals surface area contributed by atoms with Crippen molar-refractivity contribution in [2.24, 2.45) is 5.92 Å². The third-order valence-electron chi connectivity index (χ3n) is 2.82. The van der Waals surface area contributed by atoms with E-state index in [-0.39, 0.29) is 6.10 Å². The fraction of sp³-hybridized carbons (Fsp3) is 0.571. The van der Waals surface area contributed by atoms with E-state index >= 15 is 0 Å². The molecule has 0 aliphatic heterocycles. The summed E-state index contributed by atoms with van der Waals surface area (Å²) in [7, 11) is 0. The van der Waals surface area contributed by atoms with E-state index in [4.69, 9.17) is 0 Å². The summed E-state index contributed by atoms with van der Waals surface area (Å²) in [4.78, 5) is 1.28. The first-order valence-electron chi connectivity index (χ1n) is 6.09. The van der Waals surface area contributed by atoms with Crippen molar-refractivity contribution < 1.29 is 5.11 Å². The van der Waals surface area contributed by atoms with Gasteiger partial charge in [0.1, 0.15) is 0 Å². The van der Waals surface area contributed by atoms with Crippen molar-refractivity contribution in [1.82, 2.24) is 0 Å². The average molecular weight is 238 g/mol. The van der Waals surface area contributed by atoms with Crippen molar-refractivity contribution in [2.45, 2.75) is 44.6 Å². The predicted octanol–water partition coefficient (Wildman–Crippen LogP) is 4.27. The van der Waals surface area contributed by atoms with E-state index in [1.54, 1.807) is 0 Å². The molecule has 0 spiro atoms. The van der Waals surface area contributed by atoms with Crippen molar-refractivity contribution in [3.8, 4) is 0 Å². The molecule has 0 radical (unpaired) electrons. The number of rotatable bonds is 6. The van der Waals surface area contributed by atoms with Crippen LogP contribution in [0.15, 0.2) is 29.2 Å². The second-order valence-corrected chi connectivity index (χ2v) is 5.55. The maximum Gasteiger partial charge on any atom is 0.0815 e. The minimum absolute atomic E-state index is 0.319. The molecule has 0 heterocycles. The lowest BCUT2D eigenvalue weighted by Crippen LogP contribution is -2.08. The lowest BCUT2D eigenvalue weighted by molar-refractivity contribution is 0.112. The monoisotopic (exact) mass is 238 g/mol. The molecule has 90 valence electrons. The van der Waals surface area contributed by atoms with Crippen LogP contribution in [0.2, 0.25) is 0 Å². The summed E-state index contributed by atoms with van der Waals surface area (Å²) in [6, 6.07) is 8.31. The second-order valence-electron chi connectivity index (χ2n) is 4.21. The van der Waals surface area contributed by atoms with Crippen molar-refractivity contribution in [1.29, 1.82) is 0 Å². The molecule has 0 fully saturated rings. The van der Waals surface area contributed by atoms with Gasteiger partial charge in [-0.15, -0.1) is 11.8 Å². The maximum absolute atomic E-state index is 10.1. The summed E-state index contributed by atoms with van der Waals surface area (Å²) < 4.78 is 0. The SMILES string of the molecule is CCCC(C)C(O)c1ccc(SCC)cc1. The van der Waals surface area contributed by atoms with E-state index in [9.17, 15) is 5.11 Å². The Morgan fingerprint density at radius 3 is 2.31 bits per heavy atom. The molecule has 2 heteroatoms. The normalized spacial score (nSPS) is 14.8. The van der Waals surface area contributed by atoms with E-state index in [1.807, 2.05) is 11.8 Å². The predicted molar refractivity (Wildman–Crippen MR) is 71.9 cm³/mol. The molecule has 1 rings (SSSR count). The molecule has 0 aliphatic carbocycles. The fourth-order valence-electron chi connectivity index (χ4n) is 1.87. The summed E-state index contributed by atoms with van der Waals surface area (Å²) in [5.41, 5.74) is 1.04. The van der Waals surface area contributed by atoms with Gasteiger partial charge in [0.15, 0.2) is 0 Å². The summed E-state index contributed by atoms with van der Waals surface area (Å²) in [5, 5.41) is 10.1. The van der Waals surface area contributed by atoms with Gasteiger partial charge in [0.2, 0.25) is 0 Å². The molecule has 0 saturated heterocycles. The molecule has 2 unspecified atom stereocenters. The first kappa shape index (κ1) is 13.6. The molecule has 1 aromatic carbocycles. The molecular formula is C14H22OS. The summed E-state index contributed by atoms with van der Waals surface area (Å²) in [6.45, 7) is 6.42. The number of benzene rings is 1. The Hall–Kier alpha value is -0.470. The smallest absolute Gasteiger partial charge is 0.0815 e. The Balaban J connectivity index is 2.65. The lowest BCUT2D eigenvalue weighted by atomic mass is 9.94. The Morgan fingerprint density at radius 2 is 1.81 bits per heavy atom. The standard InChI is InChI=1S/C14H22OS/c1-4-6-11(3)14(15)12-7-9-13(10-8-12)16-5-2/h7-11,14-15H,4-6H2,1-3H3. The Labute approximate surface area is 103 Å². The first-order valence-corrected chi connectivity index (χ1v) is 7.08. The number of hydrogen-bond donors (Lipinski definition) is 1.